The average molecular weight is 369 g/mol. The zero-order chi connectivity index (χ0) is 15.3. The summed E-state index contributed by atoms with van der Waals surface area (Å²) in [5, 5.41) is 5.05. The van der Waals surface area contributed by atoms with Crippen LogP contribution in [0.2, 0.25) is 10.0 Å². The van der Waals surface area contributed by atoms with Crippen LogP contribution in [0.25, 0.3) is 10.7 Å². The highest BCUT2D eigenvalue weighted by Crippen LogP contribution is 2.43. The molecule has 0 spiro atoms. The Kier molecular flexibility index (Phi) is 3.58. The third-order valence-corrected chi connectivity index (χ3v) is 5.86. The van der Waals surface area contributed by atoms with Gasteiger partial charge in [0.1, 0.15) is 5.50 Å². The molecule has 3 aromatic rings. The Labute approximate surface area is 145 Å². The van der Waals surface area contributed by atoms with E-state index < -0.39 is 0 Å². The van der Waals surface area contributed by atoms with E-state index in [1.807, 2.05) is 44.6 Å². The zero-order valence-electron chi connectivity index (χ0n) is 11.1. The molecule has 1 aliphatic heterocycles. The molecule has 3 heterocycles. The van der Waals surface area contributed by atoms with Crippen LogP contribution in [0.5, 0.6) is 0 Å². The third kappa shape index (κ3) is 2.14. The largest absolute Gasteiger partial charge is 0.312 e. The number of hydrogen-bond donors (Lipinski definition) is 1. The van der Waals surface area contributed by atoms with E-state index in [-0.39, 0.29) is 5.50 Å². The van der Waals surface area contributed by atoms with Gasteiger partial charge in [0.2, 0.25) is 0 Å². The highest BCUT2D eigenvalue weighted by atomic mass is 35.5. The van der Waals surface area contributed by atoms with Gasteiger partial charge in [0.15, 0.2) is 4.96 Å². The van der Waals surface area contributed by atoms with Gasteiger partial charge in [-0.25, -0.2) is 4.98 Å². The molecule has 1 unspecified atom stereocenters. The molecule has 0 saturated heterocycles. The number of thioether (sulfide) groups is 1. The summed E-state index contributed by atoms with van der Waals surface area (Å²) in [5.41, 5.74) is 8.74. The van der Waals surface area contributed by atoms with Crippen LogP contribution in [0.1, 0.15) is 5.69 Å². The van der Waals surface area contributed by atoms with Crippen molar-refractivity contribution in [2.45, 2.75) is 5.50 Å². The van der Waals surface area contributed by atoms with Gasteiger partial charge in [-0.1, -0.05) is 41.0 Å². The monoisotopic (exact) mass is 368 g/mol. The van der Waals surface area contributed by atoms with Gasteiger partial charge in [-0.15, -0.1) is 11.3 Å². The van der Waals surface area contributed by atoms with Crippen molar-refractivity contribution in [3.8, 4) is 0 Å². The van der Waals surface area contributed by atoms with Gasteiger partial charge >= 0.3 is 0 Å². The molecule has 0 amide bonds. The summed E-state index contributed by atoms with van der Waals surface area (Å²) in [6.07, 6.45) is 3.84. The van der Waals surface area contributed by atoms with Gasteiger partial charge in [-0.05, 0) is 12.1 Å². The maximum atomic E-state index is 6.38. The number of thiazole rings is 1. The fraction of sp³-hybridized carbons (Fsp3) is 0.0714. The van der Waals surface area contributed by atoms with E-state index in [9.17, 15) is 0 Å². The smallest absolute Gasteiger partial charge is 0.194 e. The van der Waals surface area contributed by atoms with Crippen LogP contribution in [0.4, 0.5) is 5.69 Å². The van der Waals surface area contributed by atoms with Crippen LogP contribution >= 0.6 is 46.3 Å². The maximum absolute atomic E-state index is 6.38. The quantitative estimate of drug-likeness (QED) is 0.723. The fourth-order valence-corrected chi connectivity index (χ4v) is 4.36. The topological polar surface area (TPSA) is 46.6 Å². The van der Waals surface area contributed by atoms with Crippen molar-refractivity contribution in [1.29, 1.82) is 0 Å². The van der Waals surface area contributed by atoms with E-state index in [4.69, 9.17) is 28.9 Å². The summed E-state index contributed by atoms with van der Waals surface area (Å²) in [5.74, 6) is 0. The van der Waals surface area contributed by atoms with Gasteiger partial charge in [0, 0.05) is 17.0 Å². The second kappa shape index (κ2) is 5.47. The predicted molar refractivity (Wildman–Crippen MR) is 95.6 cm³/mol. The summed E-state index contributed by atoms with van der Waals surface area (Å²) < 4.78 is 2.04. The molecule has 4 nitrogen and oxygen atoms in total. The number of fused-ring (bicyclic) bond motifs is 1. The van der Waals surface area contributed by atoms with E-state index in [1.165, 1.54) is 11.8 Å². The fourth-order valence-electron chi connectivity index (χ4n) is 2.43. The molecule has 1 aromatic carbocycles. The highest BCUT2D eigenvalue weighted by Gasteiger charge is 2.30. The molecule has 0 fully saturated rings. The minimum absolute atomic E-state index is 0.254. The second-order valence-electron chi connectivity index (χ2n) is 4.67. The van der Waals surface area contributed by atoms with Crippen LogP contribution < -0.4 is 10.6 Å². The normalized spacial score (nSPS) is 18.2. The van der Waals surface area contributed by atoms with E-state index in [2.05, 4.69) is 4.98 Å². The number of nitrogens with zero attached hydrogens (tertiary/aromatic N) is 3. The summed E-state index contributed by atoms with van der Waals surface area (Å²) >= 11 is 15.7. The summed E-state index contributed by atoms with van der Waals surface area (Å²) in [6, 6.07) is 5.55. The molecule has 112 valence electrons. The molecule has 2 aromatic heterocycles. The summed E-state index contributed by atoms with van der Waals surface area (Å²) in [6.45, 7) is 0. The molecule has 0 radical (unpaired) electrons. The molecule has 0 aliphatic carbocycles. The Balaban J connectivity index is 1.86. The summed E-state index contributed by atoms with van der Waals surface area (Å²) in [4.78, 5) is 7.35. The molecular weight excluding hydrogens is 359 g/mol. The molecule has 0 saturated carbocycles. The van der Waals surface area contributed by atoms with E-state index in [1.54, 1.807) is 17.4 Å². The van der Waals surface area contributed by atoms with E-state index in [0.717, 1.165) is 22.0 Å². The number of hydrogen-bond acceptors (Lipinski definition) is 5. The van der Waals surface area contributed by atoms with Crippen molar-refractivity contribution < 1.29 is 0 Å². The summed E-state index contributed by atoms with van der Waals surface area (Å²) in [7, 11) is 0. The minimum Gasteiger partial charge on any atom is -0.312 e. The highest BCUT2D eigenvalue weighted by molar-refractivity contribution is 8.03. The van der Waals surface area contributed by atoms with E-state index in [0.29, 0.717) is 10.0 Å². The Morgan fingerprint density at radius 1 is 1.27 bits per heavy atom. The molecule has 1 aliphatic rings. The first-order valence-corrected chi connectivity index (χ1v) is 9.00. The first kappa shape index (κ1) is 14.4. The number of rotatable bonds is 2. The molecule has 1 atom stereocenters. The van der Waals surface area contributed by atoms with Crippen LogP contribution in [0.15, 0.2) is 41.4 Å². The predicted octanol–water partition coefficient (Wildman–Crippen LogP) is 4.50. The van der Waals surface area contributed by atoms with Crippen molar-refractivity contribution >= 4 is 62.6 Å². The second-order valence-corrected chi connectivity index (χ2v) is 7.32. The van der Waals surface area contributed by atoms with Crippen LogP contribution in [0, 0.1) is 0 Å². The first-order valence-electron chi connectivity index (χ1n) is 6.42. The maximum Gasteiger partial charge on any atom is 0.194 e. The van der Waals surface area contributed by atoms with Crippen molar-refractivity contribution in [2.75, 3.05) is 4.90 Å². The number of nitrogens with two attached hydrogens (primary N) is 1. The Morgan fingerprint density at radius 3 is 3.00 bits per heavy atom. The van der Waals surface area contributed by atoms with Gasteiger partial charge in [0.25, 0.3) is 0 Å². The zero-order valence-corrected chi connectivity index (χ0v) is 14.3. The Hall–Kier alpha value is -1.18. The average Bonchev–Trinajstić information content (AvgIpc) is 3.18. The Bertz CT molecular complexity index is 886. The third-order valence-electron chi connectivity index (χ3n) is 3.43. The van der Waals surface area contributed by atoms with Crippen LogP contribution in [-0.2, 0) is 0 Å². The van der Waals surface area contributed by atoms with Crippen molar-refractivity contribution in [2.24, 2.45) is 5.73 Å². The molecule has 4 rings (SSSR count). The number of halogens is 2. The van der Waals surface area contributed by atoms with Gasteiger partial charge in [-0.3, -0.25) is 4.40 Å². The van der Waals surface area contributed by atoms with Crippen LogP contribution in [0.3, 0.4) is 0 Å². The standard InChI is InChI=1S/C14H10Cl2N4S2/c15-8-2-1-3-9(12(8)16)20-11(7-22-13(20)17)10-6-18-14-19(10)4-5-21-14/h1-7,13H,17H2. The lowest BCUT2D eigenvalue weighted by Crippen LogP contribution is -2.35. The number of aromatic nitrogens is 2. The molecule has 0 bridgehead atoms. The van der Waals surface area contributed by atoms with Gasteiger partial charge < -0.3 is 10.6 Å². The lowest BCUT2D eigenvalue weighted by atomic mass is 10.2. The molecule has 22 heavy (non-hydrogen) atoms. The van der Waals surface area contributed by atoms with Crippen LogP contribution in [-0.4, -0.2) is 14.9 Å². The lowest BCUT2D eigenvalue weighted by molar-refractivity contribution is 0.931. The minimum atomic E-state index is -0.254. The molecular formula is C14H10Cl2N4S2. The van der Waals surface area contributed by atoms with Crippen molar-refractivity contribution in [3.63, 3.8) is 0 Å². The molecule has 8 heteroatoms. The number of anilines is 1. The van der Waals surface area contributed by atoms with E-state index >= 15 is 0 Å². The lowest BCUT2D eigenvalue weighted by Gasteiger charge is -2.27. The van der Waals surface area contributed by atoms with Gasteiger partial charge in [-0.2, -0.15) is 0 Å². The van der Waals surface area contributed by atoms with Crippen molar-refractivity contribution in [3.05, 3.63) is 57.1 Å². The SMILES string of the molecule is NC1SC=C(c2cnc3sccn23)N1c1cccc(Cl)c1Cl. The first-order chi connectivity index (χ1) is 10.7. The van der Waals surface area contributed by atoms with Gasteiger partial charge in [0.05, 0.1) is 33.3 Å². The molecule has 2 N–H and O–H groups in total. The number of benzene rings is 1. The number of imidazole rings is 1. The Morgan fingerprint density at radius 2 is 2.14 bits per heavy atom. The van der Waals surface area contributed by atoms with Crippen molar-refractivity contribution in [1.82, 2.24) is 9.38 Å².